The fourth-order valence-electron chi connectivity index (χ4n) is 3.06. The van der Waals surface area contributed by atoms with Gasteiger partial charge in [-0.05, 0) is 37.5 Å². The third-order valence-corrected chi connectivity index (χ3v) is 4.18. The summed E-state index contributed by atoms with van der Waals surface area (Å²) in [6.45, 7) is 0.641. The van der Waals surface area contributed by atoms with Crippen LogP contribution in [0.3, 0.4) is 0 Å². The van der Waals surface area contributed by atoms with Crippen molar-refractivity contribution in [2.24, 2.45) is 17.8 Å². The molecule has 0 aromatic carbocycles. The van der Waals surface area contributed by atoms with E-state index in [-0.39, 0.29) is 11.8 Å². The number of rotatable bonds is 2. The van der Waals surface area contributed by atoms with Gasteiger partial charge in [0.2, 0.25) is 5.91 Å². The minimum atomic E-state index is -0.849. The van der Waals surface area contributed by atoms with Gasteiger partial charge in [-0.25, -0.2) is 4.79 Å². The van der Waals surface area contributed by atoms with Crippen molar-refractivity contribution in [1.29, 1.82) is 0 Å². The summed E-state index contributed by atoms with van der Waals surface area (Å²) in [5.41, 5.74) is 0. The zero-order valence-electron chi connectivity index (χ0n) is 8.56. The molecule has 3 unspecified atom stereocenters. The highest BCUT2D eigenvalue weighted by atomic mass is 16.4. The van der Waals surface area contributed by atoms with Crippen molar-refractivity contribution in [3.63, 3.8) is 0 Å². The fourth-order valence-corrected chi connectivity index (χ4v) is 3.06. The summed E-state index contributed by atoms with van der Waals surface area (Å²) in [6, 6.07) is -0.533. The average molecular weight is 209 g/mol. The molecule has 82 valence electrons. The van der Waals surface area contributed by atoms with Crippen LogP contribution in [0.5, 0.6) is 0 Å². The molecule has 4 nitrogen and oxygen atoms in total. The van der Waals surface area contributed by atoms with Gasteiger partial charge >= 0.3 is 5.97 Å². The van der Waals surface area contributed by atoms with Crippen LogP contribution in [0.1, 0.15) is 25.7 Å². The Labute approximate surface area is 88.2 Å². The molecule has 0 radical (unpaired) electrons. The number of amides is 1. The SMILES string of the molecule is O=C(O)C1CCN1C(=O)C1CC2CC2C1. The Morgan fingerprint density at radius 1 is 1.13 bits per heavy atom. The molecule has 4 heteroatoms. The summed E-state index contributed by atoms with van der Waals surface area (Å²) in [6.07, 6.45) is 3.94. The molecule has 3 fully saturated rings. The van der Waals surface area contributed by atoms with E-state index in [1.165, 1.54) is 6.42 Å². The second-order valence-corrected chi connectivity index (χ2v) is 5.10. The standard InChI is InChI=1S/C11H15NO3/c13-10(8-4-6-3-7(6)5-8)12-2-1-9(12)11(14)15/h6-9H,1-5H2,(H,14,15). The Balaban J connectivity index is 1.62. The van der Waals surface area contributed by atoms with Crippen molar-refractivity contribution >= 4 is 11.9 Å². The first-order valence-corrected chi connectivity index (χ1v) is 5.70. The number of carbonyl (C=O) groups excluding carboxylic acids is 1. The number of aliphatic carboxylic acids is 1. The summed E-state index contributed by atoms with van der Waals surface area (Å²) in [7, 11) is 0. The van der Waals surface area contributed by atoms with E-state index in [1.807, 2.05) is 0 Å². The highest BCUT2D eigenvalue weighted by molar-refractivity contribution is 5.87. The van der Waals surface area contributed by atoms with Crippen LogP contribution in [0.15, 0.2) is 0 Å². The second-order valence-electron chi connectivity index (χ2n) is 5.10. The van der Waals surface area contributed by atoms with Gasteiger partial charge in [0, 0.05) is 12.5 Å². The number of carbonyl (C=O) groups is 2. The van der Waals surface area contributed by atoms with Crippen molar-refractivity contribution in [1.82, 2.24) is 4.90 Å². The molecule has 1 saturated heterocycles. The molecule has 2 saturated carbocycles. The summed E-state index contributed by atoms with van der Waals surface area (Å²) < 4.78 is 0. The molecule has 1 heterocycles. The average Bonchev–Trinajstić information content (AvgIpc) is 2.70. The van der Waals surface area contributed by atoms with Crippen LogP contribution >= 0.6 is 0 Å². The molecule has 0 aromatic heterocycles. The molecule has 1 aliphatic heterocycles. The molecule has 15 heavy (non-hydrogen) atoms. The van der Waals surface area contributed by atoms with E-state index >= 15 is 0 Å². The molecular weight excluding hydrogens is 194 g/mol. The predicted molar refractivity (Wildman–Crippen MR) is 52.1 cm³/mol. The molecule has 3 atom stereocenters. The minimum Gasteiger partial charge on any atom is -0.480 e. The summed E-state index contributed by atoms with van der Waals surface area (Å²) in [5, 5.41) is 8.86. The molecule has 3 rings (SSSR count). The lowest BCUT2D eigenvalue weighted by Crippen LogP contribution is -2.56. The number of fused-ring (bicyclic) bond motifs is 1. The first kappa shape index (κ1) is 9.19. The number of hydrogen-bond acceptors (Lipinski definition) is 2. The van der Waals surface area contributed by atoms with Crippen LogP contribution in [0.2, 0.25) is 0 Å². The predicted octanol–water partition coefficient (Wildman–Crippen LogP) is 0.718. The van der Waals surface area contributed by atoms with Crippen LogP contribution in [0, 0.1) is 17.8 Å². The zero-order chi connectivity index (χ0) is 10.6. The van der Waals surface area contributed by atoms with Gasteiger partial charge in [-0.2, -0.15) is 0 Å². The monoisotopic (exact) mass is 209 g/mol. The number of carboxylic acid groups (broad SMARTS) is 1. The third-order valence-electron chi connectivity index (χ3n) is 4.18. The summed E-state index contributed by atoms with van der Waals surface area (Å²) in [5.74, 6) is 0.946. The highest BCUT2D eigenvalue weighted by Gasteiger charge is 2.50. The number of nitrogens with zero attached hydrogens (tertiary/aromatic N) is 1. The van der Waals surface area contributed by atoms with Gasteiger partial charge in [-0.15, -0.1) is 0 Å². The highest BCUT2D eigenvalue weighted by Crippen LogP contribution is 2.54. The number of likely N-dealkylation sites (tertiary alicyclic amines) is 1. The Morgan fingerprint density at radius 3 is 2.27 bits per heavy atom. The van der Waals surface area contributed by atoms with Crippen LogP contribution in [0.4, 0.5) is 0 Å². The van der Waals surface area contributed by atoms with Crippen molar-refractivity contribution < 1.29 is 14.7 Å². The molecule has 0 bridgehead atoms. The van der Waals surface area contributed by atoms with Gasteiger partial charge in [-0.1, -0.05) is 0 Å². The molecule has 3 aliphatic rings. The molecule has 2 aliphatic carbocycles. The van der Waals surface area contributed by atoms with Gasteiger partial charge in [0.15, 0.2) is 0 Å². The van der Waals surface area contributed by atoms with E-state index in [0.29, 0.717) is 13.0 Å². The number of hydrogen-bond donors (Lipinski definition) is 1. The van der Waals surface area contributed by atoms with E-state index in [4.69, 9.17) is 5.11 Å². The topological polar surface area (TPSA) is 57.6 Å². The Kier molecular flexibility index (Phi) is 1.82. The Bertz CT molecular complexity index is 318. The van der Waals surface area contributed by atoms with E-state index in [9.17, 15) is 9.59 Å². The zero-order valence-corrected chi connectivity index (χ0v) is 8.56. The van der Waals surface area contributed by atoms with Crippen LogP contribution < -0.4 is 0 Å². The lowest BCUT2D eigenvalue weighted by molar-refractivity contribution is -0.159. The van der Waals surface area contributed by atoms with E-state index in [0.717, 1.165) is 24.7 Å². The smallest absolute Gasteiger partial charge is 0.326 e. The first-order valence-electron chi connectivity index (χ1n) is 5.70. The van der Waals surface area contributed by atoms with Crippen LogP contribution in [-0.2, 0) is 9.59 Å². The third kappa shape index (κ3) is 1.34. The molecule has 1 amide bonds. The minimum absolute atomic E-state index is 0.0980. The molecule has 0 aromatic rings. The van der Waals surface area contributed by atoms with Gasteiger partial charge < -0.3 is 10.0 Å². The lowest BCUT2D eigenvalue weighted by atomic mass is 9.96. The largest absolute Gasteiger partial charge is 0.480 e. The number of carboxylic acids is 1. The second kappa shape index (κ2) is 2.97. The van der Waals surface area contributed by atoms with Crippen molar-refractivity contribution in [3.05, 3.63) is 0 Å². The maximum Gasteiger partial charge on any atom is 0.326 e. The first-order chi connectivity index (χ1) is 7.16. The Hall–Kier alpha value is -1.06. The van der Waals surface area contributed by atoms with Gasteiger partial charge in [0.05, 0.1) is 0 Å². The Morgan fingerprint density at radius 2 is 1.80 bits per heavy atom. The van der Waals surface area contributed by atoms with Gasteiger partial charge in [0.1, 0.15) is 6.04 Å². The molecule has 1 N–H and O–H groups in total. The van der Waals surface area contributed by atoms with Crippen molar-refractivity contribution in [2.45, 2.75) is 31.7 Å². The quantitative estimate of drug-likeness (QED) is 0.729. The van der Waals surface area contributed by atoms with Gasteiger partial charge in [0.25, 0.3) is 0 Å². The molecule has 0 spiro atoms. The van der Waals surface area contributed by atoms with Gasteiger partial charge in [-0.3, -0.25) is 4.79 Å². The summed E-state index contributed by atoms with van der Waals surface area (Å²) in [4.78, 5) is 24.3. The maximum absolute atomic E-state index is 12.0. The maximum atomic E-state index is 12.0. The summed E-state index contributed by atoms with van der Waals surface area (Å²) >= 11 is 0. The van der Waals surface area contributed by atoms with Crippen molar-refractivity contribution in [3.8, 4) is 0 Å². The van der Waals surface area contributed by atoms with Crippen LogP contribution in [-0.4, -0.2) is 34.5 Å². The lowest BCUT2D eigenvalue weighted by Gasteiger charge is -2.39. The van der Waals surface area contributed by atoms with E-state index < -0.39 is 12.0 Å². The van der Waals surface area contributed by atoms with Crippen LogP contribution in [0.25, 0.3) is 0 Å². The van der Waals surface area contributed by atoms with Crippen molar-refractivity contribution in [2.75, 3.05) is 6.54 Å². The molecular formula is C11H15NO3. The van der Waals surface area contributed by atoms with E-state index in [2.05, 4.69) is 0 Å². The van der Waals surface area contributed by atoms with E-state index in [1.54, 1.807) is 4.90 Å². The fraction of sp³-hybridized carbons (Fsp3) is 0.818. The normalized spacial score (nSPS) is 42.0.